The van der Waals surface area contributed by atoms with E-state index in [-0.39, 0.29) is 0 Å². The van der Waals surface area contributed by atoms with Gasteiger partial charge in [-0.3, -0.25) is 0 Å². The van der Waals surface area contributed by atoms with E-state index < -0.39 is 0 Å². The smallest absolute Gasteiger partial charge is 0.169 e. The first-order chi connectivity index (χ1) is 20.7. The van der Waals surface area contributed by atoms with Crippen molar-refractivity contribution in [3.05, 3.63) is 169 Å². The van der Waals surface area contributed by atoms with Crippen molar-refractivity contribution in [3.8, 4) is 28.3 Å². The van der Waals surface area contributed by atoms with Crippen molar-refractivity contribution in [2.45, 2.75) is 0 Å². The van der Waals surface area contributed by atoms with Gasteiger partial charge in [0.05, 0.1) is 11.6 Å². The molecule has 0 radical (unpaired) electrons. The van der Waals surface area contributed by atoms with Gasteiger partial charge in [-0.2, -0.15) is 5.26 Å². The van der Waals surface area contributed by atoms with Gasteiger partial charge in [0.2, 0.25) is 0 Å². The van der Waals surface area contributed by atoms with Gasteiger partial charge in [0.1, 0.15) is 7.05 Å². The fraction of sp³-hybridized carbons (Fsp3) is 0.0256. The minimum atomic E-state index is 0.639. The van der Waals surface area contributed by atoms with E-state index in [1.165, 1.54) is 0 Å². The first-order valence-corrected chi connectivity index (χ1v) is 14.0. The second-order valence-electron chi connectivity index (χ2n) is 10.2. The van der Waals surface area contributed by atoms with Gasteiger partial charge >= 0.3 is 0 Å². The number of pyridine rings is 1. The lowest BCUT2D eigenvalue weighted by molar-refractivity contribution is -0.671. The van der Waals surface area contributed by atoms with Crippen molar-refractivity contribution < 1.29 is 4.57 Å². The Bertz CT molecular complexity index is 1790. The number of nitriles is 1. The van der Waals surface area contributed by atoms with Gasteiger partial charge in [-0.05, 0) is 75.9 Å². The third-order valence-electron chi connectivity index (χ3n) is 7.34. The summed E-state index contributed by atoms with van der Waals surface area (Å²) in [5.74, 6) is 0. The molecule has 3 nitrogen and oxygen atoms in total. The fourth-order valence-electron chi connectivity index (χ4n) is 5.06. The SMILES string of the molecule is C[n+]1ccc(-c2ccc(/C(C#N)=C/c3ccc(-c4ccc(N(c5ccccc5)c5ccccc5)cc4)cc3)cc2)cc1. The van der Waals surface area contributed by atoms with E-state index in [1.54, 1.807) is 0 Å². The molecule has 0 aliphatic heterocycles. The van der Waals surface area contributed by atoms with Gasteiger partial charge in [-0.25, -0.2) is 4.57 Å². The Morgan fingerprint density at radius 2 is 0.976 bits per heavy atom. The molecule has 0 saturated heterocycles. The zero-order valence-corrected chi connectivity index (χ0v) is 23.4. The lowest BCUT2D eigenvalue weighted by Gasteiger charge is -2.25. The predicted molar refractivity (Wildman–Crippen MR) is 173 cm³/mol. The Hall–Kier alpha value is -5.72. The van der Waals surface area contributed by atoms with E-state index in [1.807, 2.05) is 54.3 Å². The fourth-order valence-corrected chi connectivity index (χ4v) is 5.06. The van der Waals surface area contributed by atoms with Crippen LogP contribution in [0.4, 0.5) is 17.1 Å². The topological polar surface area (TPSA) is 30.9 Å². The van der Waals surface area contributed by atoms with Crippen molar-refractivity contribution in [2.24, 2.45) is 7.05 Å². The summed E-state index contributed by atoms with van der Waals surface area (Å²) in [6, 6.07) is 52.6. The third-order valence-corrected chi connectivity index (χ3v) is 7.34. The maximum absolute atomic E-state index is 9.90. The molecule has 0 fully saturated rings. The van der Waals surface area contributed by atoms with E-state index in [4.69, 9.17) is 0 Å². The molecule has 6 aromatic rings. The molecule has 0 unspecified atom stereocenters. The van der Waals surface area contributed by atoms with E-state index in [0.29, 0.717) is 5.57 Å². The number of anilines is 3. The Labute approximate surface area is 247 Å². The highest BCUT2D eigenvalue weighted by Crippen LogP contribution is 2.35. The van der Waals surface area contributed by atoms with Crippen molar-refractivity contribution in [1.29, 1.82) is 5.26 Å². The lowest BCUT2D eigenvalue weighted by Crippen LogP contribution is -2.25. The van der Waals surface area contributed by atoms with Crippen LogP contribution in [0.3, 0.4) is 0 Å². The molecule has 1 aromatic heterocycles. The van der Waals surface area contributed by atoms with Crippen LogP contribution < -0.4 is 9.47 Å². The number of aromatic nitrogens is 1. The quantitative estimate of drug-likeness (QED) is 0.115. The first-order valence-electron chi connectivity index (χ1n) is 14.0. The number of aryl methyl sites for hydroxylation is 1. The highest BCUT2D eigenvalue weighted by Gasteiger charge is 2.12. The number of hydrogen-bond acceptors (Lipinski definition) is 2. The molecule has 5 aromatic carbocycles. The zero-order valence-electron chi connectivity index (χ0n) is 23.4. The average Bonchev–Trinajstić information content (AvgIpc) is 3.06. The summed E-state index contributed by atoms with van der Waals surface area (Å²) in [7, 11) is 2.01. The predicted octanol–water partition coefficient (Wildman–Crippen LogP) is 9.38. The van der Waals surface area contributed by atoms with Crippen LogP contribution in [-0.4, -0.2) is 0 Å². The second kappa shape index (κ2) is 12.2. The molecule has 1 heterocycles. The standard InChI is InChI=1S/C39H30N3/c1-41-26-24-35(25-27-41)32-16-18-34(19-17-32)36(29-40)28-30-12-14-31(15-13-30)33-20-22-39(23-21-33)42(37-8-4-2-5-9-37)38-10-6-3-7-11-38/h2-28H,1H3/q+1. The number of benzene rings is 5. The van der Waals surface area contributed by atoms with Gasteiger partial charge in [-0.15, -0.1) is 0 Å². The van der Waals surface area contributed by atoms with Crippen molar-refractivity contribution in [2.75, 3.05) is 4.90 Å². The van der Waals surface area contributed by atoms with Crippen LogP contribution in [0, 0.1) is 11.3 Å². The van der Waals surface area contributed by atoms with Crippen molar-refractivity contribution in [1.82, 2.24) is 0 Å². The molecule has 0 aliphatic rings. The molecule has 0 amide bonds. The molecule has 0 atom stereocenters. The highest BCUT2D eigenvalue weighted by atomic mass is 15.1. The van der Waals surface area contributed by atoms with Crippen LogP contribution in [0.15, 0.2) is 158 Å². The summed E-state index contributed by atoms with van der Waals surface area (Å²) in [6.45, 7) is 0. The maximum Gasteiger partial charge on any atom is 0.169 e. The molecule has 0 N–H and O–H groups in total. The molecular weight excluding hydrogens is 510 g/mol. The third kappa shape index (κ3) is 5.89. The van der Waals surface area contributed by atoms with Gasteiger partial charge in [-0.1, -0.05) is 97.1 Å². The van der Waals surface area contributed by atoms with Crippen LogP contribution in [0.25, 0.3) is 33.9 Å². The van der Waals surface area contributed by atoms with Gasteiger partial charge in [0, 0.05) is 29.2 Å². The molecule has 0 spiro atoms. The summed E-state index contributed by atoms with van der Waals surface area (Å²) in [6.07, 6.45) is 6.01. The summed E-state index contributed by atoms with van der Waals surface area (Å²) in [5.41, 5.74) is 10.4. The molecule has 0 bridgehead atoms. The van der Waals surface area contributed by atoms with E-state index in [2.05, 4.69) is 132 Å². The second-order valence-corrected chi connectivity index (χ2v) is 10.2. The molecule has 42 heavy (non-hydrogen) atoms. The molecule has 3 heteroatoms. The maximum atomic E-state index is 9.90. The van der Waals surface area contributed by atoms with Crippen molar-refractivity contribution in [3.63, 3.8) is 0 Å². The van der Waals surface area contributed by atoms with Gasteiger partial charge in [0.25, 0.3) is 0 Å². The number of para-hydroxylation sites is 2. The van der Waals surface area contributed by atoms with Crippen LogP contribution in [0.5, 0.6) is 0 Å². The number of hydrogen-bond donors (Lipinski definition) is 0. The Morgan fingerprint density at radius 3 is 1.48 bits per heavy atom. The minimum Gasteiger partial charge on any atom is -0.311 e. The highest BCUT2D eigenvalue weighted by molar-refractivity contribution is 5.90. The van der Waals surface area contributed by atoms with E-state index >= 15 is 0 Å². The van der Waals surface area contributed by atoms with Crippen LogP contribution in [0.2, 0.25) is 0 Å². The number of nitrogens with zero attached hydrogens (tertiary/aromatic N) is 3. The van der Waals surface area contributed by atoms with E-state index in [9.17, 15) is 5.26 Å². The van der Waals surface area contributed by atoms with Gasteiger partial charge in [0.15, 0.2) is 12.4 Å². The first kappa shape index (κ1) is 26.5. The van der Waals surface area contributed by atoms with Crippen LogP contribution >= 0.6 is 0 Å². The Kier molecular flexibility index (Phi) is 7.70. The zero-order chi connectivity index (χ0) is 28.7. The monoisotopic (exact) mass is 540 g/mol. The summed E-state index contributed by atoms with van der Waals surface area (Å²) in [4.78, 5) is 2.26. The minimum absolute atomic E-state index is 0.639. The van der Waals surface area contributed by atoms with Crippen LogP contribution in [0.1, 0.15) is 11.1 Å². The Balaban J connectivity index is 1.21. The molecular formula is C39H30N3+. The van der Waals surface area contributed by atoms with E-state index in [0.717, 1.165) is 50.4 Å². The summed E-state index contributed by atoms with van der Waals surface area (Å²) >= 11 is 0. The van der Waals surface area contributed by atoms with Crippen molar-refractivity contribution >= 4 is 28.7 Å². The summed E-state index contributed by atoms with van der Waals surface area (Å²) in [5, 5.41) is 9.90. The Morgan fingerprint density at radius 1 is 0.548 bits per heavy atom. The molecule has 200 valence electrons. The normalized spacial score (nSPS) is 11.1. The summed E-state index contributed by atoms with van der Waals surface area (Å²) < 4.78 is 2.01. The number of allylic oxidation sites excluding steroid dienone is 1. The molecule has 0 aliphatic carbocycles. The number of rotatable bonds is 7. The average molecular weight is 541 g/mol. The van der Waals surface area contributed by atoms with Crippen LogP contribution in [-0.2, 0) is 7.05 Å². The lowest BCUT2D eigenvalue weighted by atomic mass is 9.99. The molecule has 0 saturated carbocycles. The van der Waals surface area contributed by atoms with Gasteiger partial charge < -0.3 is 4.90 Å². The largest absolute Gasteiger partial charge is 0.311 e. The molecule has 6 rings (SSSR count).